The van der Waals surface area contributed by atoms with Crippen LogP contribution in [0, 0.1) is 6.92 Å². The maximum absolute atomic E-state index is 11.7. The van der Waals surface area contributed by atoms with E-state index in [4.69, 9.17) is 10.9 Å². The molecule has 1 aromatic heterocycles. The van der Waals surface area contributed by atoms with E-state index in [0.29, 0.717) is 18.5 Å². The highest BCUT2D eigenvalue weighted by molar-refractivity contribution is 7.89. The van der Waals surface area contributed by atoms with Gasteiger partial charge in [0.05, 0.1) is 0 Å². The molecule has 0 spiro atoms. The van der Waals surface area contributed by atoms with Crippen LogP contribution in [0.1, 0.15) is 11.1 Å². The summed E-state index contributed by atoms with van der Waals surface area (Å²) in [5.74, 6) is 0. The fourth-order valence-corrected chi connectivity index (χ4v) is 3.40. The largest absolute Gasteiger partial charge is 0.333 e. The van der Waals surface area contributed by atoms with Crippen molar-refractivity contribution in [2.75, 3.05) is 6.54 Å². The smallest absolute Gasteiger partial charge is 0.253 e. The highest BCUT2D eigenvalue weighted by Gasteiger charge is 2.22. The lowest BCUT2D eigenvalue weighted by Crippen LogP contribution is -2.18. The molecule has 6 heteroatoms. The summed E-state index contributed by atoms with van der Waals surface area (Å²) < 4.78 is 25.1. The molecule has 98 valence electrons. The summed E-state index contributed by atoms with van der Waals surface area (Å²) in [6.45, 7) is 2.35. The molecule has 0 unspecified atom stereocenters. The molecule has 0 aliphatic rings. The van der Waals surface area contributed by atoms with Gasteiger partial charge in [-0.2, -0.15) is 0 Å². The number of benzene rings is 1. The number of fused-ring (bicyclic) bond motifs is 1. The molecule has 1 heterocycles. The minimum Gasteiger partial charge on any atom is -0.333 e. The second kappa shape index (κ2) is 4.38. The van der Waals surface area contributed by atoms with Gasteiger partial charge in [0, 0.05) is 18.0 Å². The highest BCUT2D eigenvalue weighted by atomic mass is 32.2. The van der Waals surface area contributed by atoms with Crippen molar-refractivity contribution in [2.45, 2.75) is 18.4 Å². The number of primary sulfonamides is 1. The predicted octanol–water partition coefficient (Wildman–Crippen LogP) is 0.635. The minimum absolute atomic E-state index is 0.161. The zero-order valence-corrected chi connectivity index (χ0v) is 11.3. The average molecular weight is 267 g/mol. The number of rotatable bonds is 3. The number of sulfonamides is 1. The molecule has 0 bridgehead atoms. The predicted molar refractivity (Wildman–Crippen MR) is 71.8 cm³/mol. The molecule has 0 aliphatic carbocycles. The van der Waals surface area contributed by atoms with Crippen LogP contribution in [0.5, 0.6) is 0 Å². The average Bonchev–Trinajstić information content (AvgIpc) is 2.52. The third kappa shape index (κ3) is 2.03. The molecule has 0 saturated carbocycles. The van der Waals surface area contributed by atoms with E-state index in [1.54, 1.807) is 11.6 Å². The molecule has 2 rings (SSSR count). The standard InChI is InChI=1S/C12H17N3O2S/c1-8-3-4-11-10(7-8)9(5-6-13)12(15(11)2)18(14,16)17/h3-4,7H,5-6,13H2,1-2H3,(H2,14,16,17). The zero-order chi connectivity index (χ0) is 13.5. The maximum Gasteiger partial charge on any atom is 0.253 e. The van der Waals surface area contributed by atoms with Crippen LogP contribution < -0.4 is 10.9 Å². The Bertz CT molecular complexity index is 702. The van der Waals surface area contributed by atoms with E-state index in [-0.39, 0.29) is 5.03 Å². The Hall–Kier alpha value is -1.37. The first-order valence-electron chi connectivity index (χ1n) is 5.67. The lowest BCUT2D eigenvalue weighted by atomic mass is 10.1. The lowest BCUT2D eigenvalue weighted by molar-refractivity contribution is 0.586. The van der Waals surface area contributed by atoms with Gasteiger partial charge in [-0.1, -0.05) is 11.6 Å². The second-order valence-corrected chi connectivity index (χ2v) is 5.92. The van der Waals surface area contributed by atoms with Gasteiger partial charge in [-0.3, -0.25) is 0 Å². The molecule has 2 aromatic rings. The van der Waals surface area contributed by atoms with E-state index in [9.17, 15) is 8.42 Å². The Morgan fingerprint density at radius 3 is 2.56 bits per heavy atom. The van der Waals surface area contributed by atoms with Crippen molar-refractivity contribution in [3.63, 3.8) is 0 Å². The first kappa shape index (κ1) is 13.1. The van der Waals surface area contributed by atoms with Crippen LogP contribution in [0.3, 0.4) is 0 Å². The van der Waals surface area contributed by atoms with Gasteiger partial charge in [0.2, 0.25) is 0 Å². The number of hydrogen-bond acceptors (Lipinski definition) is 3. The Balaban J connectivity index is 2.92. The SMILES string of the molecule is Cc1ccc2c(c1)c(CCN)c(S(N)(=O)=O)n2C. The Kier molecular flexibility index (Phi) is 3.18. The summed E-state index contributed by atoms with van der Waals surface area (Å²) in [4.78, 5) is 0. The number of aromatic nitrogens is 1. The van der Waals surface area contributed by atoms with Crippen LogP contribution in [0.4, 0.5) is 0 Å². The van der Waals surface area contributed by atoms with Gasteiger partial charge in [0.1, 0.15) is 0 Å². The number of hydrogen-bond donors (Lipinski definition) is 2. The van der Waals surface area contributed by atoms with E-state index in [2.05, 4.69) is 0 Å². The molecule has 0 atom stereocenters. The number of aryl methyl sites for hydroxylation is 2. The summed E-state index contributed by atoms with van der Waals surface area (Å²) in [6, 6.07) is 5.82. The highest BCUT2D eigenvalue weighted by Crippen LogP contribution is 2.29. The van der Waals surface area contributed by atoms with Crippen LogP contribution in [0.25, 0.3) is 10.9 Å². The quantitative estimate of drug-likeness (QED) is 0.854. The van der Waals surface area contributed by atoms with Gasteiger partial charge in [0.25, 0.3) is 10.0 Å². The molecule has 0 fully saturated rings. The van der Waals surface area contributed by atoms with Crippen molar-refractivity contribution in [3.05, 3.63) is 29.3 Å². The lowest BCUT2D eigenvalue weighted by Gasteiger charge is -2.04. The Morgan fingerprint density at radius 2 is 2.00 bits per heavy atom. The van der Waals surface area contributed by atoms with Gasteiger partial charge in [-0.05, 0) is 37.6 Å². The number of nitrogens with zero attached hydrogens (tertiary/aromatic N) is 1. The molecule has 0 amide bonds. The fraction of sp³-hybridized carbons (Fsp3) is 0.333. The van der Waals surface area contributed by atoms with Crippen molar-refractivity contribution >= 4 is 20.9 Å². The summed E-state index contributed by atoms with van der Waals surface area (Å²) >= 11 is 0. The molecule has 18 heavy (non-hydrogen) atoms. The molecule has 0 saturated heterocycles. The first-order valence-corrected chi connectivity index (χ1v) is 7.21. The van der Waals surface area contributed by atoms with Crippen molar-refractivity contribution in [1.82, 2.24) is 4.57 Å². The van der Waals surface area contributed by atoms with Crippen LogP contribution >= 0.6 is 0 Å². The third-order valence-corrected chi connectivity index (χ3v) is 4.12. The first-order chi connectivity index (χ1) is 8.36. The monoisotopic (exact) mass is 267 g/mol. The molecular weight excluding hydrogens is 250 g/mol. The van der Waals surface area contributed by atoms with E-state index in [1.165, 1.54) is 0 Å². The molecule has 0 aliphatic heterocycles. The second-order valence-electron chi connectivity index (χ2n) is 4.45. The van der Waals surface area contributed by atoms with Gasteiger partial charge in [-0.25, -0.2) is 13.6 Å². The maximum atomic E-state index is 11.7. The normalized spacial score (nSPS) is 12.2. The summed E-state index contributed by atoms with van der Waals surface area (Å²) in [5, 5.41) is 6.37. The Morgan fingerprint density at radius 1 is 1.33 bits per heavy atom. The zero-order valence-electron chi connectivity index (χ0n) is 10.5. The van der Waals surface area contributed by atoms with Crippen molar-refractivity contribution in [1.29, 1.82) is 0 Å². The van der Waals surface area contributed by atoms with Crippen molar-refractivity contribution < 1.29 is 8.42 Å². The molecule has 5 nitrogen and oxygen atoms in total. The van der Waals surface area contributed by atoms with E-state index >= 15 is 0 Å². The van der Waals surface area contributed by atoms with Gasteiger partial charge >= 0.3 is 0 Å². The van der Waals surface area contributed by atoms with Crippen LogP contribution in [0.15, 0.2) is 23.2 Å². The summed E-state index contributed by atoms with van der Waals surface area (Å²) in [7, 11) is -2.05. The van der Waals surface area contributed by atoms with Gasteiger partial charge in [-0.15, -0.1) is 0 Å². The van der Waals surface area contributed by atoms with Crippen molar-refractivity contribution in [2.24, 2.45) is 17.9 Å². The van der Waals surface area contributed by atoms with Crippen molar-refractivity contribution in [3.8, 4) is 0 Å². The number of nitrogens with two attached hydrogens (primary N) is 2. The summed E-state index contributed by atoms with van der Waals surface area (Å²) in [5.41, 5.74) is 8.21. The Labute approximate surface area is 106 Å². The van der Waals surface area contributed by atoms with E-state index < -0.39 is 10.0 Å². The minimum atomic E-state index is -3.75. The van der Waals surface area contributed by atoms with E-state index in [1.807, 2.05) is 25.1 Å². The molecule has 4 N–H and O–H groups in total. The van der Waals surface area contributed by atoms with Crippen LogP contribution in [-0.4, -0.2) is 19.5 Å². The van der Waals surface area contributed by atoms with E-state index in [0.717, 1.165) is 16.5 Å². The third-order valence-electron chi connectivity index (χ3n) is 3.07. The van der Waals surface area contributed by atoms with Gasteiger partial charge < -0.3 is 10.3 Å². The topological polar surface area (TPSA) is 91.1 Å². The summed E-state index contributed by atoms with van der Waals surface area (Å²) in [6.07, 6.45) is 0.493. The van der Waals surface area contributed by atoms with Crippen LogP contribution in [-0.2, 0) is 23.5 Å². The van der Waals surface area contributed by atoms with Crippen LogP contribution in [0.2, 0.25) is 0 Å². The molecular formula is C12H17N3O2S. The van der Waals surface area contributed by atoms with Gasteiger partial charge in [0.15, 0.2) is 5.03 Å². The molecule has 0 radical (unpaired) electrons. The molecule has 1 aromatic carbocycles. The fourth-order valence-electron chi connectivity index (χ4n) is 2.36.